The number of allylic oxidation sites excluding steroid dienone is 3. The van der Waals surface area contributed by atoms with Crippen molar-refractivity contribution >= 4 is 11.8 Å². The number of nitrogens with zero attached hydrogens (tertiary/aromatic N) is 3. The van der Waals surface area contributed by atoms with Crippen LogP contribution in [-0.2, 0) is 6.42 Å². The van der Waals surface area contributed by atoms with Crippen LogP contribution in [0.3, 0.4) is 0 Å². The van der Waals surface area contributed by atoms with Crippen molar-refractivity contribution < 1.29 is 0 Å². The predicted octanol–water partition coefficient (Wildman–Crippen LogP) is 3.75. The average molecular weight is 270 g/mol. The van der Waals surface area contributed by atoms with Crippen LogP contribution in [0, 0.1) is 13.8 Å². The Bertz CT molecular complexity index is 652. The summed E-state index contributed by atoms with van der Waals surface area (Å²) in [5.41, 5.74) is 4.76. The molecular formula is C16H22N4. The fraction of sp³-hybridized carbons (Fsp3) is 0.375. The summed E-state index contributed by atoms with van der Waals surface area (Å²) in [6, 6.07) is 2.08. The van der Waals surface area contributed by atoms with Crippen LogP contribution in [0.4, 0.5) is 0 Å². The molecule has 2 heterocycles. The molecule has 0 radical (unpaired) electrons. The third kappa shape index (κ3) is 2.74. The molecule has 0 bridgehead atoms. The molecule has 2 aromatic heterocycles. The third-order valence-corrected chi connectivity index (χ3v) is 3.38. The Morgan fingerprint density at radius 3 is 2.60 bits per heavy atom. The Morgan fingerprint density at radius 2 is 2.05 bits per heavy atom. The lowest BCUT2D eigenvalue weighted by Crippen LogP contribution is -2.04. The molecular weight excluding hydrogens is 248 g/mol. The first-order valence-corrected chi connectivity index (χ1v) is 6.95. The molecule has 106 valence electrons. The zero-order valence-corrected chi connectivity index (χ0v) is 12.9. The highest BCUT2D eigenvalue weighted by Crippen LogP contribution is 2.19. The van der Waals surface area contributed by atoms with Gasteiger partial charge in [0.2, 0.25) is 0 Å². The van der Waals surface area contributed by atoms with Gasteiger partial charge in [-0.05, 0) is 45.4 Å². The Labute approximate surface area is 120 Å². The molecule has 0 aliphatic heterocycles. The van der Waals surface area contributed by atoms with Gasteiger partial charge in [0.25, 0.3) is 0 Å². The molecule has 4 heteroatoms. The summed E-state index contributed by atoms with van der Waals surface area (Å²) in [5, 5.41) is 8.43. The average Bonchev–Trinajstić information content (AvgIpc) is 2.97. The predicted molar refractivity (Wildman–Crippen MR) is 83.3 cm³/mol. The van der Waals surface area contributed by atoms with Crippen molar-refractivity contribution in [2.24, 2.45) is 0 Å². The highest BCUT2D eigenvalue weighted by atomic mass is 15.3. The number of aromatic nitrogens is 4. The molecule has 0 aromatic carbocycles. The van der Waals surface area contributed by atoms with Crippen LogP contribution in [0.15, 0.2) is 23.9 Å². The number of hydrogen-bond donors (Lipinski definition) is 1. The SMILES string of the molecule is CCc1nnc(C)n1C(/C=C\c1cc[nH]c1C)=C(C)C. The highest BCUT2D eigenvalue weighted by molar-refractivity contribution is 5.70. The molecule has 0 saturated heterocycles. The van der Waals surface area contributed by atoms with E-state index in [4.69, 9.17) is 0 Å². The summed E-state index contributed by atoms with van der Waals surface area (Å²) in [5.74, 6) is 1.92. The lowest BCUT2D eigenvalue weighted by atomic mass is 10.1. The maximum Gasteiger partial charge on any atom is 0.137 e. The Hall–Kier alpha value is -2.10. The maximum absolute atomic E-state index is 4.24. The topological polar surface area (TPSA) is 46.5 Å². The van der Waals surface area contributed by atoms with Crippen molar-refractivity contribution in [2.45, 2.75) is 41.0 Å². The first-order valence-electron chi connectivity index (χ1n) is 6.95. The molecule has 0 spiro atoms. The number of hydrogen-bond acceptors (Lipinski definition) is 2. The first-order chi connectivity index (χ1) is 9.54. The summed E-state index contributed by atoms with van der Waals surface area (Å²) in [7, 11) is 0. The fourth-order valence-electron chi connectivity index (χ4n) is 2.23. The molecule has 0 aliphatic rings. The summed E-state index contributed by atoms with van der Waals surface area (Å²) in [4.78, 5) is 3.19. The van der Waals surface area contributed by atoms with E-state index in [9.17, 15) is 0 Å². The van der Waals surface area contributed by atoms with Crippen LogP contribution in [0.1, 0.15) is 43.7 Å². The smallest absolute Gasteiger partial charge is 0.137 e. The van der Waals surface area contributed by atoms with Gasteiger partial charge in [-0.25, -0.2) is 0 Å². The van der Waals surface area contributed by atoms with Crippen molar-refractivity contribution in [3.05, 3.63) is 46.8 Å². The van der Waals surface area contributed by atoms with E-state index in [0.717, 1.165) is 23.8 Å². The van der Waals surface area contributed by atoms with Gasteiger partial charge in [0, 0.05) is 24.0 Å². The van der Waals surface area contributed by atoms with Crippen LogP contribution in [0.2, 0.25) is 0 Å². The number of H-pyrrole nitrogens is 1. The van der Waals surface area contributed by atoms with E-state index in [1.807, 2.05) is 13.1 Å². The van der Waals surface area contributed by atoms with Gasteiger partial charge in [0.05, 0.1) is 0 Å². The van der Waals surface area contributed by atoms with Gasteiger partial charge in [-0.3, -0.25) is 4.57 Å². The standard InChI is InChI=1S/C16H22N4/c1-6-16-19-18-13(5)20(16)15(11(2)3)8-7-14-9-10-17-12(14)4/h7-10,17H,6H2,1-5H3/b8-7-. The van der Waals surface area contributed by atoms with Crippen molar-refractivity contribution in [3.63, 3.8) is 0 Å². The van der Waals surface area contributed by atoms with Crippen LogP contribution < -0.4 is 0 Å². The molecule has 4 nitrogen and oxygen atoms in total. The molecule has 0 aliphatic carbocycles. The summed E-state index contributed by atoms with van der Waals surface area (Å²) in [6.07, 6.45) is 7.10. The second-order valence-corrected chi connectivity index (χ2v) is 5.13. The van der Waals surface area contributed by atoms with E-state index >= 15 is 0 Å². The number of aryl methyl sites for hydroxylation is 3. The lowest BCUT2D eigenvalue weighted by Gasteiger charge is -2.11. The fourth-order valence-corrected chi connectivity index (χ4v) is 2.23. The van der Waals surface area contributed by atoms with Crippen LogP contribution in [0.5, 0.6) is 0 Å². The van der Waals surface area contributed by atoms with E-state index in [0.29, 0.717) is 0 Å². The number of nitrogens with one attached hydrogen (secondary N) is 1. The van der Waals surface area contributed by atoms with Crippen molar-refractivity contribution in [1.29, 1.82) is 0 Å². The van der Waals surface area contributed by atoms with Crippen LogP contribution in [-0.4, -0.2) is 19.7 Å². The van der Waals surface area contributed by atoms with Crippen LogP contribution >= 0.6 is 0 Å². The molecule has 0 amide bonds. The van der Waals surface area contributed by atoms with Gasteiger partial charge in [0.1, 0.15) is 11.6 Å². The van der Waals surface area contributed by atoms with Gasteiger partial charge >= 0.3 is 0 Å². The number of aromatic amines is 1. The van der Waals surface area contributed by atoms with E-state index in [1.54, 1.807) is 0 Å². The number of rotatable bonds is 4. The second kappa shape index (κ2) is 5.90. The van der Waals surface area contributed by atoms with Crippen molar-refractivity contribution in [1.82, 2.24) is 19.7 Å². The minimum absolute atomic E-state index is 0.870. The van der Waals surface area contributed by atoms with Crippen LogP contribution in [0.25, 0.3) is 11.8 Å². The summed E-state index contributed by atoms with van der Waals surface area (Å²) in [6.45, 7) is 10.4. The van der Waals surface area contributed by atoms with E-state index in [2.05, 4.69) is 65.7 Å². The minimum atomic E-state index is 0.870. The maximum atomic E-state index is 4.24. The quantitative estimate of drug-likeness (QED) is 0.860. The molecule has 0 unspecified atom stereocenters. The van der Waals surface area contributed by atoms with E-state index in [-0.39, 0.29) is 0 Å². The van der Waals surface area contributed by atoms with Gasteiger partial charge < -0.3 is 4.98 Å². The molecule has 0 fully saturated rings. The van der Waals surface area contributed by atoms with Crippen molar-refractivity contribution in [2.75, 3.05) is 0 Å². The highest BCUT2D eigenvalue weighted by Gasteiger charge is 2.10. The second-order valence-electron chi connectivity index (χ2n) is 5.13. The Kier molecular flexibility index (Phi) is 4.23. The molecule has 2 rings (SSSR count). The third-order valence-electron chi connectivity index (χ3n) is 3.38. The molecule has 0 atom stereocenters. The molecule has 2 aromatic rings. The normalized spacial score (nSPS) is 11.2. The lowest BCUT2D eigenvalue weighted by molar-refractivity contribution is 0.884. The largest absolute Gasteiger partial charge is 0.365 e. The summed E-state index contributed by atoms with van der Waals surface area (Å²) >= 11 is 0. The summed E-state index contributed by atoms with van der Waals surface area (Å²) < 4.78 is 2.13. The molecule has 1 N–H and O–H groups in total. The van der Waals surface area contributed by atoms with Gasteiger partial charge in [0.15, 0.2) is 0 Å². The van der Waals surface area contributed by atoms with Gasteiger partial charge in [-0.2, -0.15) is 0 Å². The Morgan fingerprint density at radius 1 is 1.30 bits per heavy atom. The Balaban J connectivity index is 2.44. The monoisotopic (exact) mass is 270 g/mol. The van der Waals surface area contributed by atoms with Crippen molar-refractivity contribution in [3.8, 4) is 0 Å². The minimum Gasteiger partial charge on any atom is -0.365 e. The first kappa shape index (κ1) is 14.3. The molecule has 0 saturated carbocycles. The van der Waals surface area contributed by atoms with E-state index < -0.39 is 0 Å². The zero-order chi connectivity index (χ0) is 14.7. The van der Waals surface area contributed by atoms with E-state index in [1.165, 1.54) is 16.8 Å². The zero-order valence-electron chi connectivity index (χ0n) is 12.9. The van der Waals surface area contributed by atoms with Gasteiger partial charge in [-0.15, -0.1) is 10.2 Å². The molecule has 20 heavy (non-hydrogen) atoms. The van der Waals surface area contributed by atoms with Gasteiger partial charge in [-0.1, -0.05) is 18.6 Å².